The van der Waals surface area contributed by atoms with Gasteiger partial charge in [-0.25, -0.2) is 0 Å². The number of hydrogen-bond donors (Lipinski definition) is 1. The number of hydrogen-bond acceptors (Lipinski definition) is 2. The molecule has 0 bridgehead atoms. The molecule has 1 saturated heterocycles. The molecule has 0 spiro atoms. The largest absolute Gasteiger partial charge is 0.369 e. The number of benzene rings is 1. The lowest BCUT2D eigenvalue weighted by Crippen LogP contribution is -2.32. The van der Waals surface area contributed by atoms with Gasteiger partial charge in [0.15, 0.2) is 0 Å². The van der Waals surface area contributed by atoms with Crippen LogP contribution in [0, 0.1) is 19.8 Å². The molecule has 1 aromatic carbocycles. The molecular formula is C20H25N3O2. The van der Waals surface area contributed by atoms with Crippen LogP contribution in [0.3, 0.4) is 0 Å². The Morgan fingerprint density at radius 2 is 1.88 bits per heavy atom. The van der Waals surface area contributed by atoms with Gasteiger partial charge in [0.1, 0.15) is 0 Å². The first kappa shape index (κ1) is 17.3. The fourth-order valence-electron chi connectivity index (χ4n) is 3.82. The van der Waals surface area contributed by atoms with Crippen LogP contribution in [0.4, 0.5) is 0 Å². The van der Waals surface area contributed by atoms with E-state index >= 15 is 0 Å². The number of likely N-dealkylation sites (tertiary alicyclic amines) is 1. The lowest BCUT2D eigenvalue weighted by atomic mass is 10.1. The van der Waals surface area contributed by atoms with Gasteiger partial charge in [-0.05, 0) is 38.8 Å². The van der Waals surface area contributed by atoms with E-state index in [-0.39, 0.29) is 23.8 Å². The maximum Gasteiger partial charge on any atom is 0.255 e. The fourth-order valence-corrected chi connectivity index (χ4v) is 3.82. The minimum atomic E-state index is -0.321. The van der Waals surface area contributed by atoms with Crippen LogP contribution in [0.5, 0.6) is 0 Å². The van der Waals surface area contributed by atoms with Crippen molar-refractivity contribution < 1.29 is 9.59 Å². The Balaban J connectivity index is 1.87. The molecule has 3 rings (SSSR count). The Labute approximate surface area is 148 Å². The summed E-state index contributed by atoms with van der Waals surface area (Å²) in [5.41, 5.74) is 9.32. The van der Waals surface area contributed by atoms with E-state index in [2.05, 4.69) is 23.6 Å². The number of rotatable bonds is 4. The highest BCUT2D eigenvalue weighted by Gasteiger charge is 2.32. The van der Waals surface area contributed by atoms with E-state index in [1.54, 1.807) is 4.90 Å². The maximum atomic E-state index is 12.9. The molecule has 2 N–H and O–H groups in total. The average Bonchev–Trinajstić information content (AvgIpc) is 3.20. The van der Waals surface area contributed by atoms with Gasteiger partial charge < -0.3 is 15.2 Å². The van der Waals surface area contributed by atoms with Crippen LogP contribution in [-0.4, -0.2) is 34.4 Å². The summed E-state index contributed by atoms with van der Waals surface area (Å²) in [5, 5.41) is 0. The second-order valence-corrected chi connectivity index (χ2v) is 6.88. The quantitative estimate of drug-likeness (QED) is 0.930. The molecule has 1 aromatic heterocycles. The van der Waals surface area contributed by atoms with E-state index in [0.717, 1.165) is 11.4 Å². The van der Waals surface area contributed by atoms with Crippen LogP contribution in [0.25, 0.3) is 0 Å². The summed E-state index contributed by atoms with van der Waals surface area (Å²) in [6.45, 7) is 7.17. The number of amides is 2. The molecule has 2 heterocycles. The van der Waals surface area contributed by atoms with Gasteiger partial charge in [-0.2, -0.15) is 0 Å². The molecule has 0 saturated carbocycles. The second-order valence-electron chi connectivity index (χ2n) is 6.88. The SMILES string of the molecule is Cc1cc(C(=O)N2CC[C@H](C(N)=O)C2)c(C)n1[C@@H](C)c1ccccc1. The molecule has 0 aliphatic carbocycles. The normalized spacial score (nSPS) is 18.4. The summed E-state index contributed by atoms with van der Waals surface area (Å²) in [7, 11) is 0. The van der Waals surface area contributed by atoms with Crippen molar-refractivity contribution in [2.75, 3.05) is 13.1 Å². The van der Waals surface area contributed by atoms with Gasteiger partial charge in [0.2, 0.25) is 5.91 Å². The summed E-state index contributed by atoms with van der Waals surface area (Å²) in [6.07, 6.45) is 0.653. The monoisotopic (exact) mass is 339 g/mol. The van der Waals surface area contributed by atoms with E-state index in [0.29, 0.717) is 25.1 Å². The number of aryl methyl sites for hydroxylation is 1. The second kappa shape index (κ2) is 6.75. The van der Waals surface area contributed by atoms with Crippen molar-refractivity contribution in [2.45, 2.75) is 33.2 Å². The van der Waals surface area contributed by atoms with Crippen molar-refractivity contribution in [3.05, 3.63) is 58.9 Å². The zero-order valence-electron chi connectivity index (χ0n) is 15.0. The first-order valence-electron chi connectivity index (χ1n) is 8.72. The smallest absolute Gasteiger partial charge is 0.255 e. The molecule has 5 nitrogen and oxygen atoms in total. The lowest BCUT2D eigenvalue weighted by Gasteiger charge is -2.20. The molecule has 2 aromatic rings. The zero-order valence-corrected chi connectivity index (χ0v) is 15.0. The van der Waals surface area contributed by atoms with Crippen LogP contribution >= 0.6 is 0 Å². The Morgan fingerprint density at radius 1 is 1.20 bits per heavy atom. The van der Waals surface area contributed by atoms with Gasteiger partial charge in [0.05, 0.1) is 17.5 Å². The molecule has 5 heteroatoms. The number of nitrogens with two attached hydrogens (primary N) is 1. The lowest BCUT2D eigenvalue weighted by molar-refractivity contribution is -0.121. The third kappa shape index (κ3) is 3.18. The summed E-state index contributed by atoms with van der Waals surface area (Å²) < 4.78 is 2.20. The summed E-state index contributed by atoms with van der Waals surface area (Å²) in [6, 6.07) is 12.4. The number of aromatic nitrogens is 1. The number of primary amides is 1. The highest BCUT2D eigenvalue weighted by Crippen LogP contribution is 2.27. The van der Waals surface area contributed by atoms with E-state index in [1.165, 1.54) is 5.56 Å². The minimum absolute atomic E-state index is 0.0108. The van der Waals surface area contributed by atoms with E-state index < -0.39 is 0 Å². The predicted molar refractivity (Wildman–Crippen MR) is 97.4 cm³/mol. The van der Waals surface area contributed by atoms with E-state index in [4.69, 9.17) is 5.73 Å². The maximum absolute atomic E-state index is 12.9. The molecule has 1 aliphatic heterocycles. The van der Waals surface area contributed by atoms with Crippen molar-refractivity contribution in [2.24, 2.45) is 11.7 Å². The Morgan fingerprint density at radius 3 is 2.48 bits per heavy atom. The number of carbonyl (C=O) groups excluding carboxylic acids is 2. The molecule has 2 atom stereocenters. The highest BCUT2D eigenvalue weighted by atomic mass is 16.2. The minimum Gasteiger partial charge on any atom is -0.369 e. The molecular weight excluding hydrogens is 314 g/mol. The summed E-state index contributed by atoms with van der Waals surface area (Å²) in [5.74, 6) is -0.558. The molecule has 132 valence electrons. The molecule has 1 aliphatic rings. The van der Waals surface area contributed by atoms with Gasteiger partial charge >= 0.3 is 0 Å². The van der Waals surface area contributed by atoms with Crippen molar-refractivity contribution >= 4 is 11.8 Å². The van der Waals surface area contributed by atoms with Crippen LogP contribution < -0.4 is 5.73 Å². The third-order valence-corrected chi connectivity index (χ3v) is 5.26. The van der Waals surface area contributed by atoms with E-state index in [9.17, 15) is 9.59 Å². The van der Waals surface area contributed by atoms with E-state index in [1.807, 2.05) is 38.1 Å². The average molecular weight is 339 g/mol. The topological polar surface area (TPSA) is 68.3 Å². The van der Waals surface area contributed by atoms with Crippen LogP contribution in [0.1, 0.15) is 46.7 Å². The van der Waals surface area contributed by atoms with Crippen molar-refractivity contribution in [3.8, 4) is 0 Å². The molecule has 0 radical (unpaired) electrons. The molecule has 2 amide bonds. The number of carbonyl (C=O) groups is 2. The molecule has 25 heavy (non-hydrogen) atoms. The summed E-state index contributed by atoms with van der Waals surface area (Å²) in [4.78, 5) is 26.0. The van der Waals surface area contributed by atoms with Gasteiger partial charge in [-0.1, -0.05) is 30.3 Å². The Bertz CT molecular complexity index is 795. The van der Waals surface area contributed by atoms with Crippen LogP contribution in [0.2, 0.25) is 0 Å². The van der Waals surface area contributed by atoms with Gasteiger partial charge in [-0.15, -0.1) is 0 Å². The van der Waals surface area contributed by atoms with Gasteiger partial charge in [0, 0.05) is 24.5 Å². The first-order valence-corrected chi connectivity index (χ1v) is 8.72. The molecule has 1 fully saturated rings. The van der Waals surface area contributed by atoms with Crippen LogP contribution in [0.15, 0.2) is 36.4 Å². The summed E-state index contributed by atoms with van der Waals surface area (Å²) >= 11 is 0. The van der Waals surface area contributed by atoms with Gasteiger partial charge in [0.25, 0.3) is 5.91 Å². The van der Waals surface area contributed by atoms with Crippen molar-refractivity contribution in [1.82, 2.24) is 9.47 Å². The predicted octanol–water partition coefficient (Wildman–Crippen LogP) is 2.66. The van der Waals surface area contributed by atoms with Crippen LogP contribution in [-0.2, 0) is 4.79 Å². The van der Waals surface area contributed by atoms with Gasteiger partial charge in [-0.3, -0.25) is 9.59 Å². The van der Waals surface area contributed by atoms with Crippen molar-refractivity contribution in [1.29, 1.82) is 0 Å². The highest BCUT2D eigenvalue weighted by molar-refractivity contribution is 5.96. The zero-order chi connectivity index (χ0) is 18.1. The van der Waals surface area contributed by atoms with Crippen molar-refractivity contribution in [3.63, 3.8) is 0 Å². The Hall–Kier alpha value is -2.56. The standard InChI is InChI=1S/C20H25N3O2/c1-13-11-18(20(25)22-10-9-17(12-22)19(21)24)15(3)23(13)14(2)16-7-5-4-6-8-16/h4-8,11,14,17H,9-10,12H2,1-3H3,(H2,21,24)/t14-,17-/m0/s1. The third-order valence-electron chi connectivity index (χ3n) is 5.26. The Kier molecular flexibility index (Phi) is 4.66. The molecule has 0 unspecified atom stereocenters. The first-order chi connectivity index (χ1) is 11.9. The number of nitrogens with zero attached hydrogens (tertiary/aromatic N) is 2. The fraction of sp³-hybridized carbons (Fsp3) is 0.400.